The fraction of sp³-hybridized carbons (Fsp3) is 0.308. The van der Waals surface area contributed by atoms with Gasteiger partial charge in [0.25, 0.3) is 5.69 Å². The molecule has 0 unspecified atom stereocenters. The molecule has 3 rings (SSSR count). The van der Waals surface area contributed by atoms with Crippen LogP contribution in [0, 0.1) is 10.1 Å². The Balaban J connectivity index is 1.76. The molecule has 1 fully saturated rings. The maximum atomic E-state index is 10.7. The smallest absolute Gasteiger partial charge is 0.271 e. The van der Waals surface area contributed by atoms with Crippen molar-refractivity contribution in [3.8, 4) is 0 Å². The minimum Gasteiger partial charge on any atom is -0.339 e. The van der Waals surface area contributed by atoms with Gasteiger partial charge in [-0.3, -0.25) is 15.2 Å². The lowest BCUT2D eigenvalue weighted by atomic mass is 9.83. The Bertz CT molecular complexity index is 652. The van der Waals surface area contributed by atoms with E-state index >= 15 is 0 Å². The van der Waals surface area contributed by atoms with Crippen LogP contribution in [0.4, 0.5) is 17.2 Å². The highest BCUT2D eigenvalue weighted by atomic mass is 35.5. The van der Waals surface area contributed by atoms with Crippen LogP contribution in [0.5, 0.6) is 0 Å². The average molecular weight is 293 g/mol. The van der Waals surface area contributed by atoms with Gasteiger partial charge in [-0.1, -0.05) is 18.0 Å². The number of benzene rings is 1. The van der Waals surface area contributed by atoms with Crippen LogP contribution >= 0.6 is 11.6 Å². The van der Waals surface area contributed by atoms with Crippen molar-refractivity contribution < 1.29 is 4.92 Å². The van der Waals surface area contributed by atoms with Crippen LogP contribution in [0.25, 0.3) is 0 Å². The summed E-state index contributed by atoms with van der Waals surface area (Å²) >= 11 is 6.03. The number of hydrogen-bond donors (Lipinski definition) is 2. The fourth-order valence-corrected chi connectivity index (χ4v) is 2.40. The van der Waals surface area contributed by atoms with E-state index in [0.717, 1.165) is 11.5 Å². The Labute approximate surface area is 120 Å². The zero-order chi connectivity index (χ0) is 14.1. The van der Waals surface area contributed by atoms with Gasteiger partial charge >= 0.3 is 0 Å². The fourth-order valence-electron chi connectivity index (χ4n) is 2.18. The zero-order valence-electron chi connectivity index (χ0n) is 10.6. The maximum Gasteiger partial charge on any atom is 0.271 e. The van der Waals surface area contributed by atoms with Gasteiger partial charge in [-0.05, 0) is 18.9 Å². The van der Waals surface area contributed by atoms with E-state index in [4.69, 9.17) is 11.6 Å². The van der Waals surface area contributed by atoms with Gasteiger partial charge in [0.1, 0.15) is 5.82 Å². The number of rotatable bonds is 4. The third kappa shape index (κ3) is 2.46. The van der Waals surface area contributed by atoms with Gasteiger partial charge < -0.3 is 5.32 Å². The van der Waals surface area contributed by atoms with Crippen molar-refractivity contribution in [3.63, 3.8) is 0 Å². The topological polar surface area (TPSA) is 83.8 Å². The molecule has 1 aliphatic carbocycles. The number of aromatic nitrogens is 2. The number of non-ortho nitro benzene ring substituents is 1. The van der Waals surface area contributed by atoms with Gasteiger partial charge in [-0.2, -0.15) is 5.10 Å². The second-order valence-electron chi connectivity index (χ2n) is 4.88. The minimum atomic E-state index is -0.472. The van der Waals surface area contributed by atoms with E-state index in [1.807, 2.05) is 6.07 Å². The number of H-pyrrole nitrogens is 1. The van der Waals surface area contributed by atoms with Crippen molar-refractivity contribution >= 4 is 28.8 Å². The Morgan fingerprint density at radius 3 is 2.80 bits per heavy atom. The molecule has 0 radical (unpaired) electrons. The van der Waals surface area contributed by atoms with Crippen molar-refractivity contribution in [2.45, 2.75) is 25.2 Å². The van der Waals surface area contributed by atoms with E-state index in [-0.39, 0.29) is 5.69 Å². The number of aromatic amines is 1. The first-order valence-corrected chi connectivity index (χ1v) is 6.77. The molecule has 1 saturated carbocycles. The summed E-state index contributed by atoms with van der Waals surface area (Å²) in [4.78, 5) is 10.2. The number of nitro benzene ring substituents is 1. The summed E-state index contributed by atoms with van der Waals surface area (Å²) < 4.78 is 0. The standard InChI is InChI=1S/C13H13ClN4O2/c14-10-6-9(18(19)20)4-5-11(10)15-13-7-12(16-17-13)8-2-1-3-8/h4-8H,1-3H2,(H2,15,16,17). The molecule has 2 aromatic rings. The first-order valence-electron chi connectivity index (χ1n) is 6.40. The lowest BCUT2D eigenvalue weighted by molar-refractivity contribution is -0.384. The number of hydrogen-bond acceptors (Lipinski definition) is 4. The molecule has 20 heavy (non-hydrogen) atoms. The maximum absolute atomic E-state index is 10.7. The first-order chi connectivity index (χ1) is 9.63. The summed E-state index contributed by atoms with van der Waals surface area (Å²) in [5.74, 6) is 1.29. The second-order valence-corrected chi connectivity index (χ2v) is 5.29. The largest absolute Gasteiger partial charge is 0.339 e. The van der Waals surface area contributed by atoms with Gasteiger partial charge in [0, 0.05) is 24.1 Å². The number of anilines is 2. The van der Waals surface area contributed by atoms with E-state index in [2.05, 4.69) is 15.5 Å². The summed E-state index contributed by atoms with van der Waals surface area (Å²) in [6, 6.07) is 6.29. The predicted octanol–water partition coefficient (Wildman–Crippen LogP) is 3.98. The minimum absolute atomic E-state index is 0.0275. The summed E-state index contributed by atoms with van der Waals surface area (Å²) in [6.45, 7) is 0. The van der Waals surface area contributed by atoms with Gasteiger partial charge in [-0.15, -0.1) is 0 Å². The third-order valence-electron chi connectivity index (χ3n) is 3.55. The lowest BCUT2D eigenvalue weighted by Crippen LogP contribution is -2.08. The molecule has 0 atom stereocenters. The molecular weight excluding hydrogens is 280 g/mol. The van der Waals surface area contributed by atoms with Crippen LogP contribution in [0.15, 0.2) is 24.3 Å². The molecular formula is C13H13ClN4O2. The van der Waals surface area contributed by atoms with E-state index in [1.165, 1.54) is 31.4 Å². The third-order valence-corrected chi connectivity index (χ3v) is 3.87. The molecule has 0 aliphatic heterocycles. The molecule has 7 heteroatoms. The molecule has 2 N–H and O–H groups in total. The van der Waals surface area contributed by atoms with E-state index < -0.39 is 4.92 Å². The van der Waals surface area contributed by atoms with Crippen LogP contribution in [0.1, 0.15) is 30.9 Å². The van der Waals surface area contributed by atoms with Gasteiger partial charge in [-0.25, -0.2) is 0 Å². The lowest BCUT2D eigenvalue weighted by Gasteiger charge is -2.22. The predicted molar refractivity (Wildman–Crippen MR) is 76.6 cm³/mol. The molecule has 104 valence electrons. The normalized spacial score (nSPS) is 14.8. The summed E-state index contributed by atoms with van der Waals surface area (Å²) in [6.07, 6.45) is 3.62. The number of nitrogens with zero attached hydrogens (tertiary/aromatic N) is 2. The quantitative estimate of drug-likeness (QED) is 0.659. The Kier molecular flexibility index (Phi) is 3.31. The SMILES string of the molecule is O=[N+]([O-])c1ccc(Nc2cc(C3CCC3)n[nH]2)c(Cl)c1. The Morgan fingerprint density at radius 1 is 1.40 bits per heavy atom. The molecule has 1 heterocycles. The van der Waals surface area contributed by atoms with Crippen LogP contribution in [-0.2, 0) is 0 Å². The highest BCUT2D eigenvalue weighted by Crippen LogP contribution is 2.36. The molecule has 6 nitrogen and oxygen atoms in total. The van der Waals surface area contributed by atoms with Gasteiger partial charge in [0.05, 0.1) is 21.3 Å². The molecule has 0 bridgehead atoms. The van der Waals surface area contributed by atoms with Gasteiger partial charge in [0.2, 0.25) is 0 Å². The Morgan fingerprint density at radius 2 is 2.20 bits per heavy atom. The van der Waals surface area contributed by atoms with Crippen molar-refractivity contribution in [1.82, 2.24) is 10.2 Å². The first kappa shape index (κ1) is 12.9. The second kappa shape index (κ2) is 5.13. The Hall–Kier alpha value is -2.08. The number of halogens is 1. The highest BCUT2D eigenvalue weighted by molar-refractivity contribution is 6.33. The molecule has 0 saturated heterocycles. The van der Waals surface area contributed by atoms with Crippen molar-refractivity contribution in [2.75, 3.05) is 5.32 Å². The summed E-state index contributed by atoms with van der Waals surface area (Å²) in [5.41, 5.74) is 1.64. The van der Waals surface area contributed by atoms with Crippen LogP contribution < -0.4 is 5.32 Å². The van der Waals surface area contributed by atoms with E-state index in [9.17, 15) is 10.1 Å². The zero-order valence-corrected chi connectivity index (χ0v) is 11.4. The average Bonchev–Trinajstić information content (AvgIpc) is 2.77. The highest BCUT2D eigenvalue weighted by Gasteiger charge is 2.22. The molecule has 1 aliphatic rings. The van der Waals surface area contributed by atoms with Crippen LogP contribution in [0.2, 0.25) is 5.02 Å². The number of nitrogens with one attached hydrogen (secondary N) is 2. The molecule has 0 spiro atoms. The van der Waals surface area contributed by atoms with Crippen molar-refractivity contribution in [3.05, 3.63) is 45.1 Å². The van der Waals surface area contributed by atoms with Gasteiger partial charge in [0.15, 0.2) is 0 Å². The molecule has 1 aromatic carbocycles. The van der Waals surface area contributed by atoms with E-state index in [0.29, 0.717) is 16.6 Å². The molecule has 0 amide bonds. The molecule has 1 aromatic heterocycles. The van der Waals surface area contributed by atoms with E-state index in [1.54, 1.807) is 6.07 Å². The monoisotopic (exact) mass is 292 g/mol. The van der Waals surface area contributed by atoms with Crippen LogP contribution in [0.3, 0.4) is 0 Å². The number of nitro groups is 1. The van der Waals surface area contributed by atoms with Crippen molar-refractivity contribution in [2.24, 2.45) is 0 Å². The summed E-state index contributed by atoms with van der Waals surface area (Å²) in [5, 5.41) is 21.2. The van der Waals surface area contributed by atoms with Crippen molar-refractivity contribution in [1.29, 1.82) is 0 Å². The summed E-state index contributed by atoms with van der Waals surface area (Å²) in [7, 11) is 0. The van der Waals surface area contributed by atoms with Crippen LogP contribution in [-0.4, -0.2) is 15.1 Å².